The average molecular weight is 453 g/mol. The van der Waals surface area contributed by atoms with E-state index in [1.807, 2.05) is 0 Å². The van der Waals surface area contributed by atoms with Crippen LogP contribution in [0.4, 0.5) is 18.9 Å². The SMILES string of the molecule is O=C1c2c(Cl)cccc2CCN1Cc1cc(Cl)ccc1NS(=O)(=O)C(F)(F)F. The molecule has 2 aromatic rings. The molecule has 0 aromatic heterocycles. The fourth-order valence-electron chi connectivity index (χ4n) is 2.88. The van der Waals surface area contributed by atoms with Crippen molar-refractivity contribution in [2.75, 3.05) is 11.3 Å². The molecule has 1 aliphatic heterocycles. The van der Waals surface area contributed by atoms with Crippen molar-refractivity contribution >= 4 is 44.8 Å². The minimum Gasteiger partial charge on any atom is -0.334 e. The number of amides is 1. The van der Waals surface area contributed by atoms with E-state index in [1.165, 1.54) is 21.8 Å². The molecule has 0 saturated heterocycles. The molecule has 2 aromatic carbocycles. The number of anilines is 1. The van der Waals surface area contributed by atoms with Gasteiger partial charge in [0.25, 0.3) is 5.91 Å². The maximum absolute atomic E-state index is 12.8. The summed E-state index contributed by atoms with van der Waals surface area (Å²) in [6.07, 6.45) is 0.506. The summed E-state index contributed by atoms with van der Waals surface area (Å²) in [5, 5.41) is 0.462. The van der Waals surface area contributed by atoms with Gasteiger partial charge >= 0.3 is 15.5 Å². The van der Waals surface area contributed by atoms with Crippen molar-refractivity contribution in [3.05, 3.63) is 63.1 Å². The van der Waals surface area contributed by atoms with Gasteiger partial charge in [-0.05, 0) is 41.8 Å². The first-order valence-corrected chi connectivity index (χ1v) is 10.2. The summed E-state index contributed by atoms with van der Waals surface area (Å²) >= 11 is 12.0. The van der Waals surface area contributed by atoms with Crippen LogP contribution in [-0.4, -0.2) is 31.3 Å². The zero-order valence-electron chi connectivity index (χ0n) is 14.1. The van der Waals surface area contributed by atoms with E-state index in [9.17, 15) is 26.4 Å². The maximum Gasteiger partial charge on any atom is 0.516 e. The third-order valence-corrected chi connectivity index (χ3v) is 5.88. The van der Waals surface area contributed by atoms with Gasteiger partial charge in [-0.2, -0.15) is 21.6 Å². The number of nitrogens with zero attached hydrogens (tertiary/aromatic N) is 1. The Labute approximate surface area is 169 Å². The molecule has 11 heteroatoms. The number of rotatable bonds is 4. The lowest BCUT2D eigenvalue weighted by atomic mass is 9.98. The second kappa shape index (κ2) is 7.46. The third kappa shape index (κ3) is 4.06. The van der Waals surface area contributed by atoms with Crippen molar-refractivity contribution < 1.29 is 26.4 Å². The zero-order chi connectivity index (χ0) is 20.7. The number of carbonyl (C=O) groups is 1. The number of nitrogens with one attached hydrogen (secondary N) is 1. The fourth-order valence-corrected chi connectivity index (χ4v) is 3.96. The number of carbonyl (C=O) groups excluding carboxylic acids is 1. The van der Waals surface area contributed by atoms with Gasteiger partial charge in [0.2, 0.25) is 0 Å². The molecule has 0 saturated carbocycles. The molecule has 0 radical (unpaired) electrons. The van der Waals surface area contributed by atoms with Crippen LogP contribution in [0.5, 0.6) is 0 Å². The summed E-state index contributed by atoms with van der Waals surface area (Å²) in [6, 6.07) is 8.76. The smallest absolute Gasteiger partial charge is 0.334 e. The second-order valence-electron chi connectivity index (χ2n) is 6.10. The summed E-state index contributed by atoms with van der Waals surface area (Å²) in [7, 11) is -5.61. The summed E-state index contributed by atoms with van der Waals surface area (Å²) < 4.78 is 62.5. The van der Waals surface area contributed by atoms with E-state index in [1.54, 1.807) is 18.2 Å². The standard InChI is InChI=1S/C17H13Cl2F3N2O3S/c18-12-4-5-14(23-28(26,27)17(20,21)22)11(8-12)9-24-7-6-10-2-1-3-13(19)15(10)16(24)25/h1-5,8,23H,6-7,9H2. The second-order valence-corrected chi connectivity index (χ2v) is 8.62. The Morgan fingerprint density at radius 3 is 2.54 bits per heavy atom. The topological polar surface area (TPSA) is 66.5 Å². The molecular weight excluding hydrogens is 440 g/mol. The highest BCUT2D eigenvalue weighted by Gasteiger charge is 2.46. The molecule has 1 N–H and O–H groups in total. The molecule has 0 atom stereocenters. The number of alkyl halides is 3. The molecule has 0 aliphatic carbocycles. The predicted molar refractivity (Wildman–Crippen MR) is 99.9 cm³/mol. The van der Waals surface area contributed by atoms with Crippen LogP contribution in [0.15, 0.2) is 36.4 Å². The Morgan fingerprint density at radius 2 is 1.86 bits per heavy atom. The summed E-state index contributed by atoms with van der Waals surface area (Å²) in [6.45, 7) is 0.157. The molecule has 0 bridgehead atoms. The molecular formula is C17H13Cl2F3N2O3S. The Morgan fingerprint density at radius 1 is 1.14 bits per heavy atom. The zero-order valence-corrected chi connectivity index (χ0v) is 16.4. The lowest BCUT2D eigenvalue weighted by Gasteiger charge is -2.30. The summed E-state index contributed by atoms with van der Waals surface area (Å²) in [5.41, 5.74) is -4.55. The molecule has 150 valence electrons. The van der Waals surface area contributed by atoms with Gasteiger partial charge in [0.05, 0.1) is 16.3 Å². The number of hydrogen-bond acceptors (Lipinski definition) is 3. The van der Waals surface area contributed by atoms with Crippen LogP contribution in [0.25, 0.3) is 0 Å². The Balaban J connectivity index is 1.92. The third-order valence-electron chi connectivity index (χ3n) is 4.23. The van der Waals surface area contributed by atoms with Gasteiger partial charge in [-0.25, -0.2) is 0 Å². The molecule has 0 spiro atoms. The molecule has 0 fully saturated rings. The van der Waals surface area contributed by atoms with Gasteiger partial charge in [0.15, 0.2) is 0 Å². The Bertz CT molecular complexity index is 1040. The molecule has 5 nitrogen and oxygen atoms in total. The number of hydrogen-bond donors (Lipinski definition) is 1. The van der Waals surface area contributed by atoms with E-state index in [0.29, 0.717) is 18.5 Å². The van der Waals surface area contributed by atoms with E-state index in [-0.39, 0.29) is 27.8 Å². The van der Waals surface area contributed by atoms with Crippen LogP contribution in [0.3, 0.4) is 0 Å². The van der Waals surface area contributed by atoms with Gasteiger partial charge in [-0.3, -0.25) is 9.52 Å². The number of sulfonamides is 1. The van der Waals surface area contributed by atoms with Crippen molar-refractivity contribution in [3.8, 4) is 0 Å². The van der Waals surface area contributed by atoms with Gasteiger partial charge < -0.3 is 4.90 Å². The maximum atomic E-state index is 12.8. The first-order valence-electron chi connectivity index (χ1n) is 7.94. The number of benzene rings is 2. The number of fused-ring (bicyclic) bond motifs is 1. The van der Waals surface area contributed by atoms with Gasteiger partial charge in [0, 0.05) is 18.1 Å². The first-order chi connectivity index (χ1) is 13.0. The molecule has 3 rings (SSSR count). The van der Waals surface area contributed by atoms with Gasteiger partial charge in [0.1, 0.15) is 0 Å². The molecule has 1 amide bonds. The molecule has 1 heterocycles. The molecule has 0 unspecified atom stereocenters. The highest BCUT2D eigenvalue weighted by atomic mass is 35.5. The van der Waals surface area contributed by atoms with E-state index in [4.69, 9.17) is 23.2 Å². The minimum absolute atomic E-state index is 0.129. The Hall–Kier alpha value is -1.97. The van der Waals surface area contributed by atoms with Crippen molar-refractivity contribution in [1.29, 1.82) is 0 Å². The van der Waals surface area contributed by atoms with Crippen LogP contribution < -0.4 is 4.72 Å². The lowest BCUT2D eigenvalue weighted by molar-refractivity contribution is -0.0429. The van der Waals surface area contributed by atoms with Crippen molar-refractivity contribution in [2.24, 2.45) is 0 Å². The van der Waals surface area contributed by atoms with Crippen LogP contribution in [0, 0.1) is 0 Å². The summed E-state index contributed by atoms with van der Waals surface area (Å²) in [4.78, 5) is 14.2. The van der Waals surface area contributed by atoms with Crippen molar-refractivity contribution in [2.45, 2.75) is 18.5 Å². The highest BCUT2D eigenvalue weighted by molar-refractivity contribution is 7.93. The van der Waals surface area contributed by atoms with Crippen LogP contribution in [-0.2, 0) is 23.0 Å². The predicted octanol–water partition coefficient (Wildman–Crippen LogP) is 4.45. The molecule has 28 heavy (non-hydrogen) atoms. The van der Waals surface area contributed by atoms with Crippen molar-refractivity contribution in [1.82, 2.24) is 4.90 Å². The average Bonchev–Trinajstić information content (AvgIpc) is 2.58. The van der Waals surface area contributed by atoms with Crippen molar-refractivity contribution in [3.63, 3.8) is 0 Å². The van der Waals surface area contributed by atoms with E-state index < -0.39 is 21.4 Å². The quantitative estimate of drug-likeness (QED) is 0.744. The van der Waals surface area contributed by atoms with Crippen LogP contribution in [0.1, 0.15) is 21.5 Å². The highest BCUT2D eigenvalue weighted by Crippen LogP contribution is 2.31. The monoisotopic (exact) mass is 452 g/mol. The van der Waals surface area contributed by atoms with E-state index in [2.05, 4.69) is 0 Å². The summed E-state index contributed by atoms with van der Waals surface area (Å²) in [5.74, 6) is -0.392. The number of halogens is 5. The van der Waals surface area contributed by atoms with Gasteiger partial charge in [-0.15, -0.1) is 0 Å². The van der Waals surface area contributed by atoms with E-state index >= 15 is 0 Å². The van der Waals surface area contributed by atoms with E-state index in [0.717, 1.165) is 11.6 Å². The Kier molecular flexibility index (Phi) is 5.53. The fraction of sp³-hybridized carbons (Fsp3) is 0.235. The van der Waals surface area contributed by atoms with Crippen LogP contribution in [0.2, 0.25) is 10.0 Å². The van der Waals surface area contributed by atoms with Crippen LogP contribution >= 0.6 is 23.2 Å². The minimum atomic E-state index is -5.61. The molecule has 1 aliphatic rings. The lowest BCUT2D eigenvalue weighted by Crippen LogP contribution is -2.37. The normalized spacial score (nSPS) is 14.8. The largest absolute Gasteiger partial charge is 0.516 e. The van der Waals surface area contributed by atoms with Gasteiger partial charge in [-0.1, -0.05) is 35.3 Å². The first kappa shape index (κ1) is 20.8.